The maximum atomic E-state index is 13.2. The number of rotatable bonds is 8. The first-order chi connectivity index (χ1) is 16.4. The van der Waals surface area contributed by atoms with E-state index in [1.807, 2.05) is 24.3 Å². The molecule has 178 valence electrons. The molecule has 2 amide bonds. The van der Waals surface area contributed by atoms with E-state index in [0.29, 0.717) is 29.0 Å². The summed E-state index contributed by atoms with van der Waals surface area (Å²) in [5, 5.41) is 9.91. The quantitative estimate of drug-likeness (QED) is 0.508. The fourth-order valence-electron chi connectivity index (χ4n) is 3.78. The van der Waals surface area contributed by atoms with E-state index >= 15 is 0 Å². The van der Waals surface area contributed by atoms with Crippen LogP contribution in [0.2, 0.25) is 4.34 Å². The lowest BCUT2D eigenvalue weighted by Gasteiger charge is -2.40. The van der Waals surface area contributed by atoms with Crippen LogP contribution in [0.3, 0.4) is 0 Å². The van der Waals surface area contributed by atoms with E-state index in [1.165, 1.54) is 23.3 Å². The van der Waals surface area contributed by atoms with Crippen LogP contribution in [0.25, 0.3) is 11.1 Å². The Morgan fingerprint density at radius 3 is 2.56 bits per heavy atom. The highest BCUT2D eigenvalue weighted by Gasteiger charge is 2.37. The second kappa shape index (κ2) is 10.9. The van der Waals surface area contributed by atoms with Gasteiger partial charge >= 0.3 is 0 Å². The largest absolute Gasteiger partial charge is 0.493 e. The number of aromatic hydroxyl groups is 1. The van der Waals surface area contributed by atoms with Crippen LogP contribution in [0.1, 0.15) is 5.56 Å². The van der Waals surface area contributed by atoms with Crippen molar-refractivity contribution in [1.29, 1.82) is 0 Å². The van der Waals surface area contributed by atoms with Crippen LogP contribution >= 0.6 is 22.9 Å². The summed E-state index contributed by atoms with van der Waals surface area (Å²) in [6.45, 7) is 1.18. The topological polar surface area (TPSA) is 92.2 Å². The number of hydrogen-bond acceptors (Lipinski definition) is 7. The summed E-state index contributed by atoms with van der Waals surface area (Å²) in [5.41, 5.74) is 2.82. The van der Waals surface area contributed by atoms with Gasteiger partial charge in [-0.05, 0) is 29.3 Å². The van der Waals surface area contributed by atoms with Gasteiger partial charge < -0.3 is 24.4 Å². The average Bonchev–Trinajstić information content (AvgIpc) is 3.26. The maximum Gasteiger partial charge on any atom is 0.261 e. The van der Waals surface area contributed by atoms with E-state index in [-0.39, 0.29) is 30.9 Å². The molecular formula is C24H24ClN3O5S. The Bertz CT molecular complexity index is 1140. The van der Waals surface area contributed by atoms with Crippen molar-refractivity contribution >= 4 is 34.8 Å². The van der Waals surface area contributed by atoms with E-state index < -0.39 is 6.04 Å². The summed E-state index contributed by atoms with van der Waals surface area (Å²) in [6.07, 6.45) is 1.61. The molecule has 4 rings (SSSR count). The number of halogens is 1. The lowest BCUT2D eigenvalue weighted by Crippen LogP contribution is -2.60. The molecule has 1 aliphatic rings. The molecule has 8 nitrogen and oxygen atoms in total. The van der Waals surface area contributed by atoms with Gasteiger partial charge in [-0.15, -0.1) is 0 Å². The number of amides is 2. The molecule has 3 heterocycles. The number of methoxy groups -OCH3 is 1. The predicted octanol–water partition coefficient (Wildman–Crippen LogP) is 3.43. The summed E-state index contributed by atoms with van der Waals surface area (Å²) in [6, 6.07) is 13.9. The number of benzene rings is 1. The van der Waals surface area contributed by atoms with Gasteiger partial charge in [0.25, 0.3) is 5.91 Å². The number of pyridine rings is 1. The molecule has 0 radical (unpaired) electrons. The number of ether oxygens (including phenoxy) is 2. The molecule has 2 aromatic heterocycles. The minimum atomic E-state index is -0.705. The van der Waals surface area contributed by atoms with Crippen LogP contribution in [-0.2, 0) is 20.9 Å². The van der Waals surface area contributed by atoms with Gasteiger partial charge in [-0.2, -0.15) is 0 Å². The zero-order chi connectivity index (χ0) is 24.1. The number of carbonyl (C=O) groups excluding carboxylic acids is 2. The Kier molecular flexibility index (Phi) is 7.66. The number of piperazine rings is 1. The van der Waals surface area contributed by atoms with Gasteiger partial charge in [-0.1, -0.05) is 47.2 Å². The first kappa shape index (κ1) is 24.0. The van der Waals surface area contributed by atoms with Gasteiger partial charge in [0.15, 0.2) is 11.7 Å². The predicted molar refractivity (Wildman–Crippen MR) is 129 cm³/mol. The molecule has 1 fully saturated rings. The molecule has 1 unspecified atom stereocenters. The van der Waals surface area contributed by atoms with Crippen LogP contribution in [0.5, 0.6) is 10.9 Å². The Morgan fingerprint density at radius 2 is 1.91 bits per heavy atom. The van der Waals surface area contributed by atoms with E-state index in [9.17, 15) is 14.7 Å². The Morgan fingerprint density at radius 1 is 1.15 bits per heavy atom. The molecule has 1 atom stereocenters. The molecule has 0 aliphatic carbocycles. The summed E-state index contributed by atoms with van der Waals surface area (Å²) in [7, 11) is 1.51. The van der Waals surface area contributed by atoms with Crippen LogP contribution in [0.4, 0.5) is 0 Å². The fraction of sp³-hybridized carbons (Fsp3) is 0.292. The van der Waals surface area contributed by atoms with Gasteiger partial charge in [0.2, 0.25) is 11.8 Å². The molecular weight excluding hydrogens is 478 g/mol. The smallest absolute Gasteiger partial charge is 0.261 e. The van der Waals surface area contributed by atoms with Gasteiger partial charge in [-0.25, -0.2) is 4.98 Å². The molecule has 34 heavy (non-hydrogen) atoms. The summed E-state index contributed by atoms with van der Waals surface area (Å²) < 4.78 is 11.4. The second-order valence-electron chi connectivity index (χ2n) is 7.77. The van der Waals surface area contributed by atoms with E-state index in [4.69, 9.17) is 21.1 Å². The SMILES string of the molecule is COCC1C(=O)N(Cc2ccc(-c3ccc(O)nc3)cc2)CCN1C(=O)COc1ccc(Cl)s1. The van der Waals surface area contributed by atoms with Gasteiger partial charge in [0, 0.05) is 44.6 Å². The third kappa shape index (κ3) is 5.67. The van der Waals surface area contributed by atoms with Crippen molar-refractivity contribution in [2.45, 2.75) is 12.6 Å². The Hall–Kier alpha value is -3.14. The van der Waals surface area contributed by atoms with E-state index in [0.717, 1.165) is 16.7 Å². The molecule has 1 N–H and O–H groups in total. The number of nitrogens with zero attached hydrogens (tertiary/aromatic N) is 3. The molecule has 1 aromatic carbocycles. The molecule has 1 saturated heterocycles. The summed E-state index contributed by atoms with van der Waals surface area (Å²) >= 11 is 7.15. The van der Waals surface area contributed by atoms with Crippen molar-refractivity contribution in [2.24, 2.45) is 0 Å². The Balaban J connectivity index is 1.39. The van der Waals surface area contributed by atoms with Crippen LogP contribution in [0.15, 0.2) is 54.7 Å². The maximum absolute atomic E-state index is 13.2. The second-order valence-corrected chi connectivity index (χ2v) is 9.44. The molecule has 0 saturated carbocycles. The standard InChI is InChI=1S/C24H24ClN3O5S/c1-32-14-19-24(31)27(10-11-28(19)22(30)15-33-23-9-7-20(25)34-23)13-16-2-4-17(5-3-16)18-6-8-21(29)26-12-18/h2-9,12,19H,10-11,13-15H2,1H3,(H,26,29). The Labute approximate surface area is 206 Å². The summed E-state index contributed by atoms with van der Waals surface area (Å²) in [5.74, 6) is -0.455. The van der Waals surface area contributed by atoms with Gasteiger partial charge in [0.1, 0.15) is 6.04 Å². The van der Waals surface area contributed by atoms with Crippen LogP contribution < -0.4 is 4.74 Å². The van der Waals surface area contributed by atoms with E-state index in [1.54, 1.807) is 35.4 Å². The van der Waals surface area contributed by atoms with Crippen molar-refractivity contribution in [2.75, 3.05) is 33.4 Å². The normalized spacial score (nSPS) is 16.1. The third-order valence-corrected chi connectivity index (χ3v) is 6.67. The lowest BCUT2D eigenvalue weighted by molar-refractivity contribution is -0.155. The number of carbonyl (C=O) groups is 2. The average molecular weight is 502 g/mol. The zero-order valence-electron chi connectivity index (χ0n) is 18.5. The van der Waals surface area contributed by atoms with Crippen molar-refractivity contribution in [3.63, 3.8) is 0 Å². The van der Waals surface area contributed by atoms with Crippen molar-refractivity contribution < 1.29 is 24.2 Å². The molecule has 0 spiro atoms. The molecule has 3 aromatic rings. The number of thiophene rings is 1. The van der Waals surface area contributed by atoms with Crippen molar-refractivity contribution in [3.8, 4) is 22.1 Å². The first-order valence-electron chi connectivity index (χ1n) is 10.6. The lowest BCUT2D eigenvalue weighted by atomic mass is 10.0. The molecule has 1 aliphatic heterocycles. The van der Waals surface area contributed by atoms with Gasteiger partial charge in [0.05, 0.1) is 10.9 Å². The monoisotopic (exact) mass is 501 g/mol. The van der Waals surface area contributed by atoms with Crippen molar-refractivity contribution in [3.05, 3.63) is 64.6 Å². The van der Waals surface area contributed by atoms with E-state index in [2.05, 4.69) is 4.98 Å². The fourth-order valence-corrected chi connectivity index (χ4v) is 4.66. The van der Waals surface area contributed by atoms with Crippen LogP contribution in [-0.4, -0.2) is 71.2 Å². The zero-order valence-corrected chi connectivity index (χ0v) is 20.1. The highest BCUT2D eigenvalue weighted by Crippen LogP contribution is 2.28. The summed E-state index contributed by atoms with van der Waals surface area (Å²) in [4.78, 5) is 33.2. The molecule has 0 bridgehead atoms. The molecule has 10 heteroatoms. The minimum absolute atomic E-state index is 0.0235. The highest BCUT2D eigenvalue weighted by molar-refractivity contribution is 7.17. The number of aromatic nitrogens is 1. The highest BCUT2D eigenvalue weighted by atomic mass is 35.5. The minimum Gasteiger partial charge on any atom is -0.493 e. The third-order valence-electron chi connectivity index (χ3n) is 5.52. The van der Waals surface area contributed by atoms with Crippen molar-refractivity contribution in [1.82, 2.24) is 14.8 Å². The first-order valence-corrected chi connectivity index (χ1v) is 11.8. The number of hydrogen-bond donors (Lipinski definition) is 1. The van der Waals surface area contributed by atoms with Gasteiger partial charge in [-0.3, -0.25) is 9.59 Å². The van der Waals surface area contributed by atoms with Crippen LogP contribution in [0, 0.1) is 0 Å².